The van der Waals surface area contributed by atoms with Crippen LogP contribution < -0.4 is 5.32 Å². The number of nitrogens with one attached hydrogen (secondary N) is 1. The zero-order valence-corrected chi connectivity index (χ0v) is 13.4. The number of allylic oxidation sites excluding steroid dienone is 2. The summed E-state index contributed by atoms with van der Waals surface area (Å²) in [6.45, 7) is 0. The maximum atomic E-state index is 12.2. The van der Waals surface area contributed by atoms with Crippen LogP contribution in [0.1, 0.15) is 24.3 Å². The maximum absolute atomic E-state index is 12.2. The molecule has 3 aromatic carbocycles. The third-order valence-corrected chi connectivity index (χ3v) is 4.60. The van der Waals surface area contributed by atoms with Crippen LogP contribution in [0, 0.1) is 0 Å². The Bertz CT molecular complexity index is 906. The molecular formula is C22H19NO. The second-order valence-electron chi connectivity index (χ2n) is 6.30. The van der Waals surface area contributed by atoms with E-state index in [2.05, 4.69) is 41.7 Å². The molecule has 1 atom stereocenters. The smallest absolute Gasteiger partial charge is 0.158 e. The maximum Gasteiger partial charge on any atom is 0.158 e. The largest absolute Gasteiger partial charge is 0.358 e. The molecule has 0 radical (unpaired) electrons. The molecule has 2 heteroatoms. The molecule has 0 bridgehead atoms. The lowest BCUT2D eigenvalue weighted by atomic mass is 9.85. The summed E-state index contributed by atoms with van der Waals surface area (Å²) in [5.41, 5.74) is 3.29. The highest BCUT2D eigenvalue weighted by Crippen LogP contribution is 2.33. The van der Waals surface area contributed by atoms with Gasteiger partial charge in [-0.1, -0.05) is 66.7 Å². The molecule has 4 rings (SSSR count). The molecule has 1 unspecified atom stereocenters. The van der Waals surface area contributed by atoms with Crippen molar-refractivity contribution < 1.29 is 4.79 Å². The summed E-state index contributed by atoms with van der Waals surface area (Å²) in [6.07, 6.45) is 3.21. The van der Waals surface area contributed by atoms with Gasteiger partial charge < -0.3 is 5.32 Å². The van der Waals surface area contributed by atoms with E-state index >= 15 is 0 Å². The normalized spacial score (nSPS) is 17.6. The first-order valence-corrected chi connectivity index (χ1v) is 8.33. The van der Waals surface area contributed by atoms with E-state index in [4.69, 9.17) is 0 Å². The van der Waals surface area contributed by atoms with Crippen LogP contribution in [0.2, 0.25) is 0 Å². The molecule has 0 fully saturated rings. The Labute approximate surface area is 141 Å². The minimum absolute atomic E-state index is 0.192. The summed E-state index contributed by atoms with van der Waals surface area (Å²) >= 11 is 0. The molecular weight excluding hydrogens is 294 g/mol. The number of rotatable bonds is 3. The molecule has 3 aromatic rings. The van der Waals surface area contributed by atoms with Gasteiger partial charge in [-0.25, -0.2) is 0 Å². The van der Waals surface area contributed by atoms with Crippen molar-refractivity contribution in [2.75, 3.05) is 5.32 Å². The fourth-order valence-electron chi connectivity index (χ4n) is 3.45. The Morgan fingerprint density at radius 2 is 1.54 bits per heavy atom. The number of ketones is 1. The van der Waals surface area contributed by atoms with E-state index in [1.807, 2.05) is 36.4 Å². The van der Waals surface area contributed by atoms with Gasteiger partial charge in [0.1, 0.15) is 0 Å². The van der Waals surface area contributed by atoms with Crippen molar-refractivity contribution in [3.63, 3.8) is 0 Å². The standard InChI is InChI=1S/C22H19NO/c24-20-14-18(16-7-2-1-3-8-16)13-19(15-20)23-22-12-6-10-17-9-4-5-11-21(17)22/h1-12,15,18,23H,13-14H2. The summed E-state index contributed by atoms with van der Waals surface area (Å²) in [6, 6.07) is 24.8. The van der Waals surface area contributed by atoms with Crippen molar-refractivity contribution in [3.8, 4) is 0 Å². The van der Waals surface area contributed by atoms with Crippen molar-refractivity contribution >= 4 is 22.2 Å². The monoisotopic (exact) mass is 313 g/mol. The molecule has 0 amide bonds. The van der Waals surface area contributed by atoms with Crippen molar-refractivity contribution in [3.05, 3.63) is 90.1 Å². The van der Waals surface area contributed by atoms with Gasteiger partial charge >= 0.3 is 0 Å². The molecule has 1 N–H and O–H groups in total. The van der Waals surface area contributed by atoms with Crippen molar-refractivity contribution in [1.82, 2.24) is 0 Å². The lowest BCUT2D eigenvalue weighted by molar-refractivity contribution is -0.115. The molecule has 24 heavy (non-hydrogen) atoms. The zero-order valence-electron chi connectivity index (χ0n) is 13.4. The van der Waals surface area contributed by atoms with E-state index in [1.165, 1.54) is 16.3 Å². The number of carbonyl (C=O) groups excluding carboxylic acids is 1. The highest BCUT2D eigenvalue weighted by Gasteiger charge is 2.22. The van der Waals surface area contributed by atoms with E-state index in [-0.39, 0.29) is 11.7 Å². The second-order valence-corrected chi connectivity index (χ2v) is 6.30. The van der Waals surface area contributed by atoms with Gasteiger partial charge in [0.05, 0.1) is 0 Å². The molecule has 1 aliphatic carbocycles. The highest BCUT2D eigenvalue weighted by molar-refractivity contribution is 5.96. The molecule has 0 aromatic heterocycles. The first-order chi connectivity index (χ1) is 11.8. The summed E-state index contributed by atoms with van der Waals surface area (Å²) in [5, 5.41) is 5.87. The lowest BCUT2D eigenvalue weighted by Gasteiger charge is -2.24. The summed E-state index contributed by atoms with van der Waals surface area (Å²) in [4.78, 5) is 12.2. The predicted octanol–water partition coefficient (Wildman–Crippen LogP) is 5.28. The fraction of sp³-hybridized carbons (Fsp3) is 0.136. The minimum atomic E-state index is 0.192. The Morgan fingerprint density at radius 3 is 2.42 bits per heavy atom. The first kappa shape index (κ1) is 14.7. The lowest BCUT2D eigenvalue weighted by Crippen LogP contribution is -2.16. The Balaban J connectivity index is 1.63. The number of benzene rings is 3. The van der Waals surface area contributed by atoms with E-state index in [0.29, 0.717) is 6.42 Å². The van der Waals surface area contributed by atoms with E-state index < -0.39 is 0 Å². The van der Waals surface area contributed by atoms with Crippen LogP contribution in [0.15, 0.2) is 84.6 Å². The minimum Gasteiger partial charge on any atom is -0.358 e. The van der Waals surface area contributed by atoms with Crippen LogP contribution in [0.5, 0.6) is 0 Å². The summed E-state index contributed by atoms with van der Waals surface area (Å²) in [5.74, 6) is 0.444. The Kier molecular flexibility index (Phi) is 3.87. The van der Waals surface area contributed by atoms with Gasteiger partial charge in [0, 0.05) is 29.3 Å². The van der Waals surface area contributed by atoms with Crippen LogP contribution >= 0.6 is 0 Å². The van der Waals surface area contributed by atoms with Crippen LogP contribution in [0.3, 0.4) is 0 Å². The fourth-order valence-corrected chi connectivity index (χ4v) is 3.45. The van der Waals surface area contributed by atoms with Gasteiger partial charge in [-0.15, -0.1) is 0 Å². The van der Waals surface area contributed by atoms with E-state index in [1.54, 1.807) is 6.08 Å². The topological polar surface area (TPSA) is 29.1 Å². The summed E-state index contributed by atoms with van der Waals surface area (Å²) in [7, 11) is 0. The van der Waals surface area contributed by atoms with E-state index in [9.17, 15) is 4.79 Å². The average Bonchev–Trinajstić information content (AvgIpc) is 2.62. The van der Waals surface area contributed by atoms with Crippen LogP contribution in [0.25, 0.3) is 10.8 Å². The van der Waals surface area contributed by atoms with Gasteiger partial charge in [-0.05, 0) is 29.4 Å². The van der Waals surface area contributed by atoms with Gasteiger partial charge in [0.2, 0.25) is 0 Å². The molecule has 118 valence electrons. The summed E-state index contributed by atoms with van der Waals surface area (Å²) < 4.78 is 0. The molecule has 1 aliphatic rings. The van der Waals surface area contributed by atoms with Crippen molar-refractivity contribution in [1.29, 1.82) is 0 Å². The number of fused-ring (bicyclic) bond motifs is 1. The van der Waals surface area contributed by atoms with Gasteiger partial charge in [0.15, 0.2) is 5.78 Å². The van der Waals surface area contributed by atoms with Crippen LogP contribution in [-0.2, 0) is 4.79 Å². The van der Waals surface area contributed by atoms with Crippen LogP contribution in [0.4, 0.5) is 5.69 Å². The van der Waals surface area contributed by atoms with Crippen molar-refractivity contribution in [2.45, 2.75) is 18.8 Å². The number of hydrogen-bond acceptors (Lipinski definition) is 2. The average molecular weight is 313 g/mol. The Morgan fingerprint density at radius 1 is 0.792 bits per heavy atom. The molecule has 2 nitrogen and oxygen atoms in total. The molecule has 0 aliphatic heterocycles. The number of carbonyl (C=O) groups is 1. The van der Waals surface area contributed by atoms with Gasteiger partial charge in [-0.2, -0.15) is 0 Å². The Hall–Kier alpha value is -2.87. The zero-order chi connectivity index (χ0) is 16.4. The first-order valence-electron chi connectivity index (χ1n) is 8.33. The molecule has 0 spiro atoms. The van der Waals surface area contributed by atoms with E-state index in [0.717, 1.165) is 17.8 Å². The SMILES string of the molecule is O=C1C=C(Nc2cccc3ccccc23)CC(c2ccccc2)C1. The molecule has 0 heterocycles. The third kappa shape index (κ3) is 2.95. The van der Waals surface area contributed by atoms with Gasteiger partial charge in [-0.3, -0.25) is 4.79 Å². The number of anilines is 1. The van der Waals surface area contributed by atoms with Crippen LogP contribution in [-0.4, -0.2) is 5.78 Å². The second kappa shape index (κ2) is 6.32. The molecule has 0 saturated carbocycles. The predicted molar refractivity (Wildman–Crippen MR) is 99.1 cm³/mol. The quantitative estimate of drug-likeness (QED) is 0.712. The third-order valence-electron chi connectivity index (χ3n) is 4.60. The van der Waals surface area contributed by atoms with Gasteiger partial charge in [0.25, 0.3) is 0 Å². The molecule has 0 saturated heterocycles. The highest BCUT2D eigenvalue weighted by atomic mass is 16.1. The van der Waals surface area contributed by atoms with Crippen molar-refractivity contribution in [2.24, 2.45) is 0 Å². The number of hydrogen-bond donors (Lipinski definition) is 1.